The first-order chi connectivity index (χ1) is 15.3. The molecule has 1 aliphatic rings. The highest BCUT2D eigenvalue weighted by atomic mass is 35.5. The molecule has 1 nitrogen and oxygen atoms in total. The average Bonchev–Trinajstić information content (AvgIpc) is 2.84. The van der Waals surface area contributed by atoms with Crippen molar-refractivity contribution in [3.8, 4) is 5.75 Å². The van der Waals surface area contributed by atoms with Crippen molar-refractivity contribution in [3.63, 3.8) is 0 Å². The predicted octanol–water partition coefficient (Wildman–Crippen LogP) is 7.69. The Hall–Kier alpha value is -3.29. The van der Waals surface area contributed by atoms with E-state index in [1.807, 2.05) is 30.3 Å². The second-order valence-electron chi connectivity index (χ2n) is 7.85. The lowest BCUT2D eigenvalue weighted by atomic mass is 9.75. The van der Waals surface area contributed by atoms with E-state index in [1.165, 1.54) is 33.4 Å². The van der Waals surface area contributed by atoms with E-state index in [2.05, 4.69) is 78.9 Å². The van der Waals surface area contributed by atoms with Crippen molar-refractivity contribution in [1.82, 2.24) is 0 Å². The molecule has 31 heavy (non-hydrogen) atoms. The number of ether oxygens (including phenoxy) is 1. The quantitative estimate of drug-likeness (QED) is 0.320. The maximum absolute atomic E-state index is 6.18. The number of fused-ring (bicyclic) bond motifs is 1. The van der Waals surface area contributed by atoms with E-state index in [4.69, 9.17) is 16.3 Å². The second-order valence-corrected chi connectivity index (χ2v) is 8.29. The lowest BCUT2D eigenvalue weighted by Crippen LogP contribution is -2.12. The number of halogens is 1. The topological polar surface area (TPSA) is 9.23 Å². The molecule has 0 saturated heterocycles. The molecule has 0 aliphatic heterocycles. The van der Waals surface area contributed by atoms with Crippen LogP contribution in [-0.2, 0) is 13.0 Å². The minimum atomic E-state index is 0.173. The first kappa shape index (κ1) is 19.7. The van der Waals surface area contributed by atoms with Gasteiger partial charge in [0.1, 0.15) is 12.4 Å². The molecule has 0 amide bonds. The summed E-state index contributed by atoms with van der Waals surface area (Å²) in [6.45, 7) is 0.575. The molecule has 1 atom stereocenters. The van der Waals surface area contributed by atoms with Gasteiger partial charge >= 0.3 is 0 Å². The first-order valence-corrected chi connectivity index (χ1v) is 11.0. The smallest absolute Gasteiger partial charge is 0.120 e. The van der Waals surface area contributed by atoms with Crippen LogP contribution in [0.2, 0.25) is 5.02 Å². The van der Waals surface area contributed by atoms with Crippen molar-refractivity contribution in [1.29, 1.82) is 0 Å². The van der Waals surface area contributed by atoms with Gasteiger partial charge in [-0.25, -0.2) is 0 Å². The number of benzene rings is 4. The Bertz CT molecular complexity index is 1190. The fourth-order valence-corrected chi connectivity index (χ4v) is 4.43. The van der Waals surface area contributed by atoms with Gasteiger partial charge in [-0.15, -0.1) is 0 Å². The third-order valence-corrected chi connectivity index (χ3v) is 6.09. The minimum Gasteiger partial charge on any atom is -0.489 e. The Kier molecular flexibility index (Phi) is 5.60. The van der Waals surface area contributed by atoms with E-state index in [0.717, 1.165) is 17.2 Å². The van der Waals surface area contributed by atoms with Gasteiger partial charge in [-0.1, -0.05) is 96.5 Å². The highest BCUT2D eigenvalue weighted by Crippen LogP contribution is 2.43. The Morgan fingerprint density at radius 2 is 1.48 bits per heavy atom. The zero-order chi connectivity index (χ0) is 21.0. The molecule has 0 spiro atoms. The van der Waals surface area contributed by atoms with Crippen molar-refractivity contribution in [2.75, 3.05) is 0 Å². The molecule has 5 rings (SSSR count). The molecule has 0 bridgehead atoms. The van der Waals surface area contributed by atoms with Crippen LogP contribution in [0.3, 0.4) is 0 Å². The zero-order valence-corrected chi connectivity index (χ0v) is 17.9. The number of hydrogen-bond acceptors (Lipinski definition) is 1. The van der Waals surface area contributed by atoms with Gasteiger partial charge < -0.3 is 4.74 Å². The Morgan fingerprint density at radius 1 is 0.774 bits per heavy atom. The maximum atomic E-state index is 6.18. The van der Waals surface area contributed by atoms with Crippen molar-refractivity contribution in [2.24, 2.45) is 0 Å². The third kappa shape index (κ3) is 4.28. The normalized spacial score (nSPS) is 15.1. The molecule has 4 aromatic rings. The number of hydrogen-bond donors (Lipinski definition) is 0. The molecule has 0 radical (unpaired) electrons. The summed E-state index contributed by atoms with van der Waals surface area (Å²) in [4.78, 5) is 0. The molecule has 2 heteroatoms. The maximum Gasteiger partial charge on any atom is 0.120 e. The van der Waals surface area contributed by atoms with Crippen LogP contribution in [0.5, 0.6) is 5.75 Å². The SMILES string of the molecule is Clc1ccc([C@H]2C(c3ccccc3)=CCc3cc(OCc4ccccc4)ccc32)cc1. The van der Waals surface area contributed by atoms with Gasteiger partial charge in [-0.05, 0) is 64.1 Å². The van der Waals surface area contributed by atoms with Crippen molar-refractivity contribution >= 4 is 17.2 Å². The molecule has 0 unspecified atom stereocenters. The fraction of sp³-hybridized carbons (Fsp3) is 0.103. The molecular weight excluding hydrogens is 400 g/mol. The van der Waals surface area contributed by atoms with Crippen LogP contribution in [0.25, 0.3) is 5.57 Å². The van der Waals surface area contributed by atoms with Crippen LogP contribution in [0, 0.1) is 0 Å². The van der Waals surface area contributed by atoms with Gasteiger partial charge in [0.2, 0.25) is 0 Å². The van der Waals surface area contributed by atoms with Gasteiger partial charge in [0, 0.05) is 10.9 Å². The van der Waals surface area contributed by atoms with Gasteiger partial charge in [-0.2, -0.15) is 0 Å². The summed E-state index contributed by atoms with van der Waals surface area (Å²) in [5.41, 5.74) is 7.66. The van der Waals surface area contributed by atoms with Gasteiger partial charge in [0.15, 0.2) is 0 Å². The molecular formula is C29H23ClO. The summed E-state index contributed by atoms with van der Waals surface area (Å²) in [5, 5.41) is 0.759. The zero-order valence-electron chi connectivity index (χ0n) is 17.2. The largest absolute Gasteiger partial charge is 0.489 e. The summed E-state index contributed by atoms with van der Waals surface area (Å²) in [6.07, 6.45) is 3.25. The van der Waals surface area contributed by atoms with Crippen molar-refractivity contribution in [3.05, 3.63) is 142 Å². The summed E-state index contributed by atoms with van der Waals surface area (Å²) in [5.74, 6) is 1.08. The molecule has 4 aromatic carbocycles. The van der Waals surface area contributed by atoms with Crippen LogP contribution in [0.15, 0.2) is 109 Å². The van der Waals surface area contributed by atoms with E-state index in [0.29, 0.717) is 6.61 Å². The Morgan fingerprint density at radius 3 is 2.23 bits per heavy atom. The molecule has 0 saturated carbocycles. The highest BCUT2D eigenvalue weighted by Gasteiger charge is 2.26. The highest BCUT2D eigenvalue weighted by molar-refractivity contribution is 6.30. The van der Waals surface area contributed by atoms with Crippen molar-refractivity contribution in [2.45, 2.75) is 18.9 Å². The van der Waals surface area contributed by atoms with E-state index in [-0.39, 0.29) is 5.92 Å². The molecule has 1 aliphatic carbocycles. The van der Waals surface area contributed by atoms with Crippen molar-refractivity contribution < 1.29 is 4.74 Å². The summed E-state index contributed by atoms with van der Waals surface area (Å²) >= 11 is 6.18. The van der Waals surface area contributed by atoms with Crippen LogP contribution >= 0.6 is 11.6 Å². The first-order valence-electron chi connectivity index (χ1n) is 10.6. The van der Waals surface area contributed by atoms with Crippen LogP contribution in [0.4, 0.5) is 0 Å². The van der Waals surface area contributed by atoms with Gasteiger partial charge in [0.25, 0.3) is 0 Å². The molecule has 0 N–H and O–H groups in total. The lowest BCUT2D eigenvalue weighted by molar-refractivity contribution is 0.306. The standard InChI is InChI=1S/C29H23ClO/c30-25-14-11-23(12-15-25)29-27(22-9-5-2-6-10-22)17-13-24-19-26(16-18-28(24)29)31-20-21-7-3-1-4-8-21/h1-12,14-19,29H,13,20H2/t29-/m0/s1. The summed E-state index contributed by atoms with van der Waals surface area (Å²) in [7, 11) is 0. The molecule has 0 aromatic heterocycles. The molecule has 152 valence electrons. The second kappa shape index (κ2) is 8.83. The average molecular weight is 423 g/mol. The van der Waals surface area contributed by atoms with Crippen LogP contribution in [0.1, 0.15) is 33.7 Å². The predicted molar refractivity (Wildman–Crippen MR) is 129 cm³/mol. The lowest BCUT2D eigenvalue weighted by Gasteiger charge is -2.29. The van der Waals surface area contributed by atoms with Crippen LogP contribution in [-0.4, -0.2) is 0 Å². The fourth-order valence-electron chi connectivity index (χ4n) is 4.31. The summed E-state index contributed by atoms with van der Waals surface area (Å²) in [6, 6.07) is 35.7. The third-order valence-electron chi connectivity index (χ3n) is 5.84. The number of rotatable bonds is 5. The van der Waals surface area contributed by atoms with Crippen LogP contribution < -0.4 is 4.74 Å². The van der Waals surface area contributed by atoms with E-state index in [1.54, 1.807) is 0 Å². The monoisotopic (exact) mass is 422 g/mol. The molecule has 0 heterocycles. The van der Waals surface area contributed by atoms with Gasteiger partial charge in [0.05, 0.1) is 0 Å². The van der Waals surface area contributed by atoms with E-state index >= 15 is 0 Å². The molecule has 0 fully saturated rings. The Balaban J connectivity index is 1.50. The minimum absolute atomic E-state index is 0.173. The van der Waals surface area contributed by atoms with E-state index in [9.17, 15) is 0 Å². The Labute approximate surface area is 188 Å². The van der Waals surface area contributed by atoms with Gasteiger partial charge in [-0.3, -0.25) is 0 Å². The summed E-state index contributed by atoms with van der Waals surface area (Å²) < 4.78 is 6.09. The number of allylic oxidation sites excluding steroid dienone is 2. The van der Waals surface area contributed by atoms with E-state index < -0.39 is 0 Å².